The molecule has 2 saturated heterocycles. The molecule has 1 spiro atoms. The fourth-order valence-corrected chi connectivity index (χ4v) is 2.84. The Morgan fingerprint density at radius 2 is 2.05 bits per heavy atom. The zero-order chi connectivity index (χ0) is 13.8. The van der Waals surface area contributed by atoms with Gasteiger partial charge in [0.05, 0.1) is 52.0 Å². The minimum atomic E-state index is -0.353. The maximum Gasteiger partial charge on any atom is 0.275 e. The van der Waals surface area contributed by atoms with Crippen LogP contribution in [0, 0.1) is 0 Å². The molecular weight excluding hydrogens is 260 g/mol. The van der Waals surface area contributed by atoms with Gasteiger partial charge in [-0.05, 0) is 12.1 Å². The van der Waals surface area contributed by atoms with Gasteiger partial charge in [0.2, 0.25) is 0 Å². The van der Waals surface area contributed by atoms with Gasteiger partial charge in [0.1, 0.15) is 5.76 Å². The predicted molar refractivity (Wildman–Crippen MR) is 70.0 cm³/mol. The lowest BCUT2D eigenvalue weighted by molar-refractivity contribution is -0.900. The third kappa shape index (κ3) is 3.20. The molecule has 2 aliphatic heterocycles. The predicted octanol–water partition coefficient (Wildman–Crippen LogP) is -0.682. The second-order valence-corrected chi connectivity index (χ2v) is 5.39. The molecule has 0 bridgehead atoms. The Morgan fingerprint density at radius 1 is 1.30 bits per heavy atom. The number of carbonyl (C=O) groups excluding carboxylic acids is 1. The number of piperidine rings is 1. The number of hydrogen-bond acceptors (Lipinski definition) is 4. The van der Waals surface area contributed by atoms with Crippen LogP contribution in [0.2, 0.25) is 0 Å². The average Bonchev–Trinajstić information content (AvgIpc) is 3.12. The van der Waals surface area contributed by atoms with Gasteiger partial charge in [-0.2, -0.15) is 0 Å². The Labute approximate surface area is 118 Å². The van der Waals surface area contributed by atoms with Gasteiger partial charge in [-0.25, -0.2) is 0 Å². The molecular formula is C14H21N2O4+. The SMILES string of the molecule is O=C(C[NH+]1CCC2(CC1)OCCO2)NCc1ccco1. The number of ether oxygens (including phenoxy) is 2. The number of furan rings is 1. The van der Waals surface area contributed by atoms with E-state index in [-0.39, 0.29) is 11.7 Å². The Balaban J connectivity index is 1.39. The van der Waals surface area contributed by atoms with Crippen LogP contribution in [0.3, 0.4) is 0 Å². The lowest BCUT2D eigenvalue weighted by Crippen LogP contribution is -3.14. The molecule has 0 radical (unpaired) electrons. The molecule has 2 aliphatic rings. The van der Waals surface area contributed by atoms with Crippen molar-refractivity contribution in [3.63, 3.8) is 0 Å². The number of carbonyl (C=O) groups is 1. The molecule has 1 amide bonds. The summed E-state index contributed by atoms with van der Waals surface area (Å²) in [5.41, 5.74) is 0. The first kappa shape index (κ1) is 13.6. The smallest absolute Gasteiger partial charge is 0.275 e. The van der Waals surface area contributed by atoms with Gasteiger partial charge in [-0.3, -0.25) is 4.79 Å². The average molecular weight is 281 g/mol. The number of nitrogens with one attached hydrogen (secondary N) is 2. The Bertz CT molecular complexity index is 430. The van der Waals surface area contributed by atoms with Crippen molar-refractivity contribution in [3.05, 3.63) is 24.2 Å². The van der Waals surface area contributed by atoms with Gasteiger partial charge in [0.25, 0.3) is 5.91 Å². The monoisotopic (exact) mass is 281 g/mol. The molecule has 20 heavy (non-hydrogen) atoms. The lowest BCUT2D eigenvalue weighted by atomic mass is 10.0. The molecule has 0 aromatic carbocycles. The summed E-state index contributed by atoms with van der Waals surface area (Å²) in [6.07, 6.45) is 3.35. The summed E-state index contributed by atoms with van der Waals surface area (Å²) in [5.74, 6) is 0.480. The maximum absolute atomic E-state index is 11.9. The number of rotatable bonds is 4. The van der Waals surface area contributed by atoms with Crippen LogP contribution in [-0.2, 0) is 20.8 Å². The van der Waals surface area contributed by atoms with E-state index >= 15 is 0 Å². The molecule has 0 atom stereocenters. The topological polar surface area (TPSA) is 65.1 Å². The highest BCUT2D eigenvalue weighted by Crippen LogP contribution is 2.27. The van der Waals surface area contributed by atoms with E-state index in [0.29, 0.717) is 26.3 Å². The van der Waals surface area contributed by atoms with Crippen molar-refractivity contribution in [1.29, 1.82) is 0 Å². The summed E-state index contributed by atoms with van der Waals surface area (Å²) in [7, 11) is 0. The van der Waals surface area contributed by atoms with E-state index in [4.69, 9.17) is 13.9 Å². The van der Waals surface area contributed by atoms with Crippen LogP contribution < -0.4 is 10.2 Å². The zero-order valence-corrected chi connectivity index (χ0v) is 11.5. The van der Waals surface area contributed by atoms with E-state index in [0.717, 1.165) is 31.7 Å². The molecule has 6 heteroatoms. The zero-order valence-electron chi connectivity index (χ0n) is 11.5. The number of hydrogen-bond donors (Lipinski definition) is 2. The van der Waals surface area contributed by atoms with Crippen molar-refractivity contribution in [2.45, 2.75) is 25.2 Å². The summed E-state index contributed by atoms with van der Waals surface area (Å²) in [5, 5.41) is 2.88. The summed E-state index contributed by atoms with van der Waals surface area (Å²) in [6.45, 7) is 4.16. The minimum Gasteiger partial charge on any atom is -0.467 e. The van der Waals surface area contributed by atoms with Crippen LogP contribution in [-0.4, -0.2) is 44.5 Å². The van der Waals surface area contributed by atoms with Crippen LogP contribution >= 0.6 is 0 Å². The third-order valence-corrected chi connectivity index (χ3v) is 3.98. The highest BCUT2D eigenvalue weighted by molar-refractivity contribution is 5.76. The first-order valence-electron chi connectivity index (χ1n) is 7.16. The van der Waals surface area contributed by atoms with Gasteiger partial charge in [-0.1, -0.05) is 0 Å². The normalized spacial score (nSPS) is 22.2. The molecule has 6 nitrogen and oxygen atoms in total. The van der Waals surface area contributed by atoms with Crippen molar-refractivity contribution in [2.75, 3.05) is 32.8 Å². The van der Waals surface area contributed by atoms with Crippen LogP contribution in [0.4, 0.5) is 0 Å². The second kappa shape index (κ2) is 5.95. The van der Waals surface area contributed by atoms with Gasteiger partial charge < -0.3 is 24.1 Å². The van der Waals surface area contributed by atoms with Crippen molar-refractivity contribution in [1.82, 2.24) is 5.32 Å². The van der Waals surface area contributed by atoms with Crippen LogP contribution in [0.5, 0.6) is 0 Å². The van der Waals surface area contributed by atoms with Gasteiger partial charge in [-0.15, -0.1) is 0 Å². The van der Waals surface area contributed by atoms with Crippen molar-refractivity contribution < 1.29 is 23.6 Å². The van der Waals surface area contributed by atoms with E-state index < -0.39 is 0 Å². The van der Waals surface area contributed by atoms with Crippen molar-refractivity contribution in [3.8, 4) is 0 Å². The fraction of sp³-hybridized carbons (Fsp3) is 0.643. The minimum absolute atomic E-state index is 0.0561. The summed E-state index contributed by atoms with van der Waals surface area (Å²) in [4.78, 5) is 13.2. The fourth-order valence-electron chi connectivity index (χ4n) is 2.84. The standard InChI is InChI=1S/C14H20N2O4/c17-13(15-10-12-2-1-7-18-12)11-16-5-3-14(4-6-16)19-8-9-20-14/h1-2,7H,3-6,8-11H2,(H,15,17)/p+1. The van der Waals surface area contributed by atoms with Gasteiger partial charge in [0, 0.05) is 0 Å². The Kier molecular flexibility index (Phi) is 4.05. The van der Waals surface area contributed by atoms with Crippen LogP contribution in [0.15, 0.2) is 22.8 Å². The van der Waals surface area contributed by atoms with Crippen LogP contribution in [0.25, 0.3) is 0 Å². The molecule has 3 rings (SSSR count). The van der Waals surface area contributed by atoms with E-state index in [1.807, 2.05) is 12.1 Å². The molecule has 0 unspecified atom stereocenters. The number of amides is 1. The van der Waals surface area contributed by atoms with E-state index in [1.165, 1.54) is 4.90 Å². The number of quaternary nitrogens is 1. The summed E-state index contributed by atoms with van der Waals surface area (Å²) in [6, 6.07) is 3.67. The highest BCUT2D eigenvalue weighted by atomic mass is 16.7. The molecule has 2 N–H and O–H groups in total. The van der Waals surface area contributed by atoms with E-state index in [2.05, 4.69) is 5.32 Å². The summed E-state index contributed by atoms with van der Waals surface area (Å²) < 4.78 is 16.5. The molecule has 110 valence electrons. The second-order valence-electron chi connectivity index (χ2n) is 5.39. The van der Waals surface area contributed by atoms with E-state index in [1.54, 1.807) is 6.26 Å². The highest BCUT2D eigenvalue weighted by Gasteiger charge is 2.41. The molecule has 1 aromatic rings. The van der Waals surface area contributed by atoms with Crippen molar-refractivity contribution in [2.24, 2.45) is 0 Å². The quantitative estimate of drug-likeness (QED) is 0.767. The molecule has 2 fully saturated rings. The molecule has 0 saturated carbocycles. The van der Waals surface area contributed by atoms with E-state index in [9.17, 15) is 4.79 Å². The molecule has 1 aromatic heterocycles. The maximum atomic E-state index is 11.9. The lowest BCUT2D eigenvalue weighted by Gasteiger charge is -2.34. The van der Waals surface area contributed by atoms with Gasteiger partial charge in [0.15, 0.2) is 12.3 Å². The third-order valence-electron chi connectivity index (χ3n) is 3.98. The van der Waals surface area contributed by atoms with Gasteiger partial charge >= 0.3 is 0 Å². The van der Waals surface area contributed by atoms with Crippen LogP contribution in [0.1, 0.15) is 18.6 Å². The molecule has 0 aliphatic carbocycles. The number of likely N-dealkylation sites (tertiary alicyclic amines) is 1. The summed E-state index contributed by atoms with van der Waals surface area (Å²) >= 11 is 0. The first-order chi connectivity index (χ1) is 9.76. The Morgan fingerprint density at radius 3 is 2.70 bits per heavy atom. The Hall–Kier alpha value is -1.37. The largest absolute Gasteiger partial charge is 0.467 e. The molecule has 3 heterocycles. The van der Waals surface area contributed by atoms with Crippen molar-refractivity contribution >= 4 is 5.91 Å². The first-order valence-corrected chi connectivity index (χ1v) is 7.16.